The first-order valence-electron chi connectivity index (χ1n) is 6.61. The quantitative estimate of drug-likeness (QED) is 0.802. The number of rotatable bonds is 1. The molecule has 2 aliphatic rings. The topological polar surface area (TPSA) is 35.6 Å². The maximum atomic E-state index is 11.7. The number of piperazine rings is 1. The van der Waals surface area contributed by atoms with Gasteiger partial charge in [0.15, 0.2) is 0 Å². The van der Waals surface area contributed by atoms with Crippen LogP contribution in [-0.2, 0) is 11.2 Å². The van der Waals surface area contributed by atoms with Crippen molar-refractivity contribution in [2.24, 2.45) is 0 Å². The second-order valence-corrected chi connectivity index (χ2v) is 5.00. The number of amides is 1. The van der Waals surface area contributed by atoms with Crippen LogP contribution in [0.25, 0.3) is 0 Å². The van der Waals surface area contributed by atoms with Crippen LogP contribution in [0.1, 0.15) is 12.0 Å². The van der Waals surface area contributed by atoms with Crippen LogP contribution >= 0.6 is 0 Å². The summed E-state index contributed by atoms with van der Waals surface area (Å²) in [6, 6.07) is 6.48. The third-order valence-corrected chi connectivity index (χ3v) is 3.89. The average molecular weight is 245 g/mol. The number of carbonyl (C=O) groups is 1. The van der Waals surface area contributed by atoms with Gasteiger partial charge in [0.25, 0.3) is 0 Å². The fourth-order valence-corrected chi connectivity index (χ4v) is 2.76. The van der Waals surface area contributed by atoms with E-state index in [1.54, 1.807) is 4.90 Å². The van der Waals surface area contributed by atoms with E-state index in [4.69, 9.17) is 0 Å². The smallest absolute Gasteiger partial charge is 0.227 e. The van der Waals surface area contributed by atoms with Crippen molar-refractivity contribution in [3.63, 3.8) is 0 Å². The minimum atomic E-state index is 0.220. The van der Waals surface area contributed by atoms with Gasteiger partial charge in [-0.3, -0.25) is 4.79 Å². The molecule has 2 heterocycles. The Morgan fingerprint density at radius 2 is 1.94 bits per heavy atom. The second-order valence-electron chi connectivity index (χ2n) is 5.00. The number of benzene rings is 1. The molecule has 0 unspecified atom stereocenters. The zero-order chi connectivity index (χ0) is 12.5. The van der Waals surface area contributed by atoms with E-state index in [2.05, 4.69) is 28.4 Å². The number of hydrogen-bond donors (Lipinski definition) is 1. The molecule has 1 aromatic rings. The van der Waals surface area contributed by atoms with E-state index in [9.17, 15) is 4.79 Å². The third kappa shape index (κ3) is 1.97. The molecule has 0 aromatic heterocycles. The van der Waals surface area contributed by atoms with Gasteiger partial charge in [0.05, 0.1) is 0 Å². The fraction of sp³-hybridized carbons (Fsp3) is 0.500. The van der Waals surface area contributed by atoms with Gasteiger partial charge >= 0.3 is 0 Å². The summed E-state index contributed by atoms with van der Waals surface area (Å²) in [5.74, 6) is 0.220. The van der Waals surface area contributed by atoms with Crippen molar-refractivity contribution in [2.45, 2.75) is 12.8 Å². The molecule has 1 saturated heterocycles. The molecule has 0 saturated carbocycles. The van der Waals surface area contributed by atoms with Crippen LogP contribution in [0, 0.1) is 0 Å². The summed E-state index contributed by atoms with van der Waals surface area (Å²) >= 11 is 0. The summed E-state index contributed by atoms with van der Waals surface area (Å²) in [5.41, 5.74) is 3.66. The van der Waals surface area contributed by atoms with Crippen LogP contribution < -0.4 is 15.1 Å². The van der Waals surface area contributed by atoms with Gasteiger partial charge in [-0.15, -0.1) is 0 Å². The maximum Gasteiger partial charge on any atom is 0.227 e. The van der Waals surface area contributed by atoms with Gasteiger partial charge in [0, 0.05) is 51.0 Å². The van der Waals surface area contributed by atoms with Crippen molar-refractivity contribution in [2.75, 3.05) is 43.0 Å². The van der Waals surface area contributed by atoms with Crippen molar-refractivity contribution in [1.82, 2.24) is 5.32 Å². The zero-order valence-corrected chi connectivity index (χ0v) is 10.8. The lowest BCUT2D eigenvalue weighted by atomic mass is 10.0. The standard InChI is InChI=1S/C14H19N3O/c1-16-13-4-3-12(17-8-6-15-7-9-17)10-11(13)2-5-14(16)18/h3-4,10,15H,2,5-9H2,1H3. The zero-order valence-electron chi connectivity index (χ0n) is 10.8. The Bertz CT molecular complexity index is 466. The summed E-state index contributed by atoms with van der Waals surface area (Å²) in [6.07, 6.45) is 1.51. The Morgan fingerprint density at radius 1 is 1.17 bits per heavy atom. The van der Waals surface area contributed by atoms with Crippen molar-refractivity contribution in [1.29, 1.82) is 0 Å². The van der Waals surface area contributed by atoms with Gasteiger partial charge in [0.1, 0.15) is 0 Å². The molecular weight excluding hydrogens is 226 g/mol. The molecule has 1 N–H and O–H groups in total. The molecule has 96 valence electrons. The minimum absolute atomic E-state index is 0.220. The maximum absolute atomic E-state index is 11.7. The van der Waals surface area contributed by atoms with Crippen molar-refractivity contribution < 1.29 is 4.79 Å². The number of nitrogens with zero attached hydrogens (tertiary/aromatic N) is 2. The molecule has 1 fully saturated rings. The Labute approximate surface area is 108 Å². The predicted molar refractivity (Wildman–Crippen MR) is 73.3 cm³/mol. The second kappa shape index (κ2) is 4.61. The third-order valence-electron chi connectivity index (χ3n) is 3.89. The Hall–Kier alpha value is -1.55. The number of nitrogens with one attached hydrogen (secondary N) is 1. The summed E-state index contributed by atoms with van der Waals surface area (Å²) in [4.78, 5) is 15.8. The molecule has 0 aliphatic carbocycles. The molecule has 4 heteroatoms. The number of hydrogen-bond acceptors (Lipinski definition) is 3. The number of fused-ring (bicyclic) bond motifs is 1. The van der Waals surface area contributed by atoms with Crippen LogP contribution in [0.5, 0.6) is 0 Å². The monoisotopic (exact) mass is 245 g/mol. The van der Waals surface area contributed by atoms with E-state index in [0.29, 0.717) is 6.42 Å². The predicted octanol–water partition coefficient (Wildman–Crippen LogP) is 1.01. The van der Waals surface area contributed by atoms with Crippen LogP contribution in [0.15, 0.2) is 18.2 Å². The highest BCUT2D eigenvalue weighted by atomic mass is 16.2. The lowest BCUT2D eigenvalue weighted by Crippen LogP contribution is -2.43. The number of aryl methyl sites for hydroxylation is 1. The van der Waals surface area contributed by atoms with Crippen LogP contribution in [0.4, 0.5) is 11.4 Å². The van der Waals surface area contributed by atoms with Crippen molar-refractivity contribution in [3.8, 4) is 0 Å². The van der Waals surface area contributed by atoms with Crippen molar-refractivity contribution in [3.05, 3.63) is 23.8 Å². The fourth-order valence-electron chi connectivity index (χ4n) is 2.76. The van der Waals surface area contributed by atoms with Gasteiger partial charge in [-0.1, -0.05) is 0 Å². The summed E-state index contributed by atoms with van der Waals surface area (Å²) < 4.78 is 0. The molecule has 0 radical (unpaired) electrons. The van der Waals surface area contributed by atoms with Crippen LogP contribution in [0.3, 0.4) is 0 Å². The lowest BCUT2D eigenvalue weighted by molar-refractivity contribution is -0.118. The minimum Gasteiger partial charge on any atom is -0.369 e. The molecule has 0 bridgehead atoms. The van der Waals surface area contributed by atoms with Gasteiger partial charge in [0.2, 0.25) is 5.91 Å². The molecule has 4 nitrogen and oxygen atoms in total. The first-order chi connectivity index (χ1) is 8.75. The first kappa shape index (κ1) is 11.5. The number of anilines is 2. The molecule has 1 aromatic carbocycles. The highest BCUT2D eigenvalue weighted by Crippen LogP contribution is 2.30. The van der Waals surface area contributed by atoms with E-state index in [-0.39, 0.29) is 5.91 Å². The van der Waals surface area contributed by atoms with E-state index < -0.39 is 0 Å². The molecule has 0 atom stereocenters. The summed E-state index contributed by atoms with van der Waals surface area (Å²) in [5, 5.41) is 3.37. The number of carbonyl (C=O) groups excluding carboxylic acids is 1. The van der Waals surface area contributed by atoms with Gasteiger partial charge in [-0.05, 0) is 30.2 Å². The molecular formula is C14H19N3O. The average Bonchev–Trinajstić information content (AvgIpc) is 2.44. The van der Waals surface area contributed by atoms with E-state index in [1.807, 2.05) is 7.05 Å². The van der Waals surface area contributed by atoms with Gasteiger partial charge < -0.3 is 15.1 Å². The van der Waals surface area contributed by atoms with Crippen LogP contribution in [0.2, 0.25) is 0 Å². The molecule has 18 heavy (non-hydrogen) atoms. The summed E-state index contributed by atoms with van der Waals surface area (Å²) in [7, 11) is 1.87. The van der Waals surface area contributed by atoms with Crippen LogP contribution in [-0.4, -0.2) is 39.1 Å². The highest BCUT2D eigenvalue weighted by molar-refractivity contribution is 5.96. The Balaban J connectivity index is 1.89. The largest absolute Gasteiger partial charge is 0.369 e. The first-order valence-corrected chi connectivity index (χ1v) is 6.61. The molecule has 1 amide bonds. The Morgan fingerprint density at radius 3 is 2.72 bits per heavy atom. The SMILES string of the molecule is CN1C(=O)CCc2cc(N3CCNCC3)ccc21. The molecule has 3 rings (SSSR count). The lowest BCUT2D eigenvalue weighted by Gasteiger charge is -2.32. The van der Waals surface area contributed by atoms with Gasteiger partial charge in [-0.2, -0.15) is 0 Å². The van der Waals surface area contributed by atoms with E-state index in [1.165, 1.54) is 11.3 Å². The Kier molecular flexibility index (Phi) is 2.96. The highest BCUT2D eigenvalue weighted by Gasteiger charge is 2.21. The summed E-state index contributed by atoms with van der Waals surface area (Å²) in [6.45, 7) is 4.23. The van der Waals surface area contributed by atoms with Crippen molar-refractivity contribution >= 4 is 17.3 Å². The molecule has 2 aliphatic heterocycles. The molecule has 0 spiro atoms. The normalized spacial score (nSPS) is 19.9. The van der Waals surface area contributed by atoms with E-state index in [0.717, 1.165) is 38.3 Å². The van der Waals surface area contributed by atoms with E-state index >= 15 is 0 Å². The van der Waals surface area contributed by atoms with Gasteiger partial charge in [-0.25, -0.2) is 0 Å².